The minimum atomic E-state index is -0.696. The molecule has 156 valence electrons. The number of thiazole rings is 1. The number of aromatic nitrogens is 1. The van der Waals surface area contributed by atoms with Crippen molar-refractivity contribution < 1.29 is 14.6 Å². The van der Waals surface area contributed by atoms with Crippen LogP contribution in [-0.2, 0) is 11.2 Å². The Morgan fingerprint density at radius 2 is 2.17 bits per heavy atom. The van der Waals surface area contributed by atoms with E-state index < -0.39 is 18.3 Å². The summed E-state index contributed by atoms with van der Waals surface area (Å²) in [6.45, 7) is 2.06. The summed E-state index contributed by atoms with van der Waals surface area (Å²) in [4.78, 5) is 17.4. The summed E-state index contributed by atoms with van der Waals surface area (Å²) in [5.74, 6) is 0. The van der Waals surface area contributed by atoms with E-state index in [2.05, 4.69) is 45.2 Å². The van der Waals surface area contributed by atoms with Gasteiger partial charge in [-0.25, -0.2) is 4.79 Å². The molecule has 29 heavy (non-hydrogen) atoms. The Hall–Kier alpha value is -2.00. The van der Waals surface area contributed by atoms with Gasteiger partial charge < -0.3 is 25.8 Å². The van der Waals surface area contributed by atoms with Crippen molar-refractivity contribution in [3.8, 4) is 10.4 Å². The fourth-order valence-electron chi connectivity index (χ4n) is 4.06. The zero-order valence-electron chi connectivity index (χ0n) is 16.3. The summed E-state index contributed by atoms with van der Waals surface area (Å²) in [5.41, 5.74) is 4.09. The highest BCUT2D eigenvalue weighted by Gasteiger charge is 2.37. The Kier molecular flexibility index (Phi) is 6.76. The van der Waals surface area contributed by atoms with Crippen molar-refractivity contribution in [2.75, 3.05) is 19.6 Å². The van der Waals surface area contributed by atoms with Crippen molar-refractivity contribution in [1.29, 1.82) is 0 Å². The number of hydrogen-bond donors (Lipinski definition) is 4. The number of carbonyl (C=O) groups excluding carboxylic acids is 1. The van der Waals surface area contributed by atoms with Crippen LogP contribution in [0.2, 0.25) is 0 Å². The molecular weight excluding hydrogens is 388 g/mol. The molecule has 0 spiro atoms. The van der Waals surface area contributed by atoms with Gasteiger partial charge in [0, 0.05) is 25.3 Å². The molecule has 1 amide bonds. The molecule has 3 heterocycles. The molecule has 0 unspecified atom stereocenters. The van der Waals surface area contributed by atoms with Gasteiger partial charge in [-0.1, -0.05) is 24.3 Å². The second-order valence-electron chi connectivity index (χ2n) is 7.73. The third-order valence-electron chi connectivity index (χ3n) is 5.66. The highest BCUT2D eigenvalue weighted by atomic mass is 32.1. The number of amides is 1. The van der Waals surface area contributed by atoms with Gasteiger partial charge in [-0.2, -0.15) is 0 Å². The van der Waals surface area contributed by atoms with E-state index in [1.807, 2.05) is 11.7 Å². The molecule has 0 aliphatic carbocycles. The Morgan fingerprint density at radius 1 is 1.31 bits per heavy atom. The lowest BCUT2D eigenvalue weighted by molar-refractivity contribution is 0.0189. The van der Waals surface area contributed by atoms with Gasteiger partial charge >= 0.3 is 6.09 Å². The number of nitrogens with one attached hydrogen (secondary N) is 3. The summed E-state index contributed by atoms with van der Waals surface area (Å²) < 4.78 is 5.57. The van der Waals surface area contributed by atoms with Crippen LogP contribution in [0.5, 0.6) is 0 Å². The van der Waals surface area contributed by atoms with Gasteiger partial charge in [0.25, 0.3) is 0 Å². The summed E-state index contributed by atoms with van der Waals surface area (Å²) in [7, 11) is 0. The number of aliphatic hydroxyl groups is 1. The summed E-state index contributed by atoms with van der Waals surface area (Å²) in [5, 5.41) is 19.8. The van der Waals surface area contributed by atoms with E-state index in [1.54, 1.807) is 11.3 Å². The van der Waals surface area contributed by atoms with Crippen molar-refractivity contribution in [3.63, 3.8) is 0 Å². The lowest BCUT2D eigenvalue weighted by Gasteiger charge is -2.22. The number of ether oxygens (including phenoxy) is 1. The van der Waals surface area contributed by atoms with E-state index in [0.29, 0.717) is 25.6 Å². The number of hydrogen-bond acceptors (Lipinski definition) is 7. The van der Waals surface area contributed by atoms with Gasteiger partial charge in [0.15, 0.2) is 0 Å². The normalized spacial score (nSPS) is 26.5. The molecule has 0 bridgehead atoms. The molecule has 2 fully saturated rings. The van der Waals surface area contributed by atoms with Gasteiger partial charge in [-0.3, -0.25) is 4.98 Å². The van der Waals surface area contributed by atoms with E-state index in [-0.39, 0.29) is 6.04 Å². The summed E-state index contributed by atoms with van der Waals surface area (Å²) in [6.07, 6.45) is 4.09. The number of rotatable bonds is 7. The Bertz CT molecular complexity index is 778. The first-order valence-electron chi connectivity index (χ1n) is 10.3. The van der Waals surface area contributed by atoms with Crippen molar-refractivity contribution >= 4 is 17.4 Å². The van der Waals surface area contributed by atoms with Crippen LogP contribution in [-0.4, -0.2) is 60.1 Å². The van der Waals surface area contributed by atoms with Crippen LogP contribution in [0, 0.1) is 0 Å². The maximum Gasteiger partial charge on any atom is 0.407 e. The van der Waals surface area contributed by atoms with E-state index >= 15 is 0 Å². The van der Waals surface area contributed by atoms with Crippen molar-refractivity contribution in [2.45, 2.75) is 50.0 Å². The lowest BCUT2D eigenvalue weighted by Crippen LogP contribution is -2.42. The Balaban J connectivity index is 1.28. The predicted octanol–water partition coefficient (Wildman–Crippen LogP) is 1.92. The molecule has 0 saturated carbocycles. The maximum absolute atomic E-state index is 12.2. The summed E-state index contributed by atoms with van der Waals surface area (Å²) >= 11 is 1.61. The molecule has 0 radical (unpaired) electrons. The molecule has 1 aromatic carbocycles. The van der Waals surface area contributed by atoms with Crippen LogP contribution in [0.15, 0.2) is 36.0 Å². The van der Waals surface area contributed by atoms with Crippen LogP contribution in [0.4, 0.5) is 4.79 Å². The van der Waals surface area contributed by atoms with Crippen LogP contribution >= 0.6 is 11.3 Å². The van der Waals surface area contributed by atoms with Crippen LogP contribution < -0.4 is 16.0 Å². The largest absolute Gasteiger partial charge is 0.442 e. The quantitative estimate of drug-likeness (QED) is 0.551. The third kappa shape index (κ3) is 5.33. The average Bonchev–Trinajstić information content (AvgIpc) is 3.48. The van der Waals surface area contributed by atoms with Gasteiger partial charge in [-0.05, 0) is 43.4 Å². The third-order valence-corrected chi connectivity index (χ3v) is 6.48. The van der Waals surface area contributed by atoms with Crippen LogP contribution in [0.3, 0.4) is 0 Å². The number of β-amino-alcohol motifs (C(OH)–C–C–N with tert-alkyl or cyclic N) is 1. The molecular formula is C21H28N4O3S. The van der Waals surface area contributed by atoms with Gasteiger partial charge in [-0.15, -0.1) is 11.3 Å². The van der Waals surface area contributed by atoms with Gasteiger partial charge in [0.05, 0.1) is 16.4 Å². The fourth-order valence-corrected chi connectivity index (χ4v) is 4.68. The molecule has 2 aliphatic heterocycles. The molecule has 2 saturated heterocycles. The fraction of sp³-hybridized carbons (Fsp3) is 0.524. The van der Waals surface area contributed by atoms with E-state index in [0.717, 1.165) is 35.4 Å². The molecule has 7 nitrogen and oxygen atoms in total. The summed E-state index contributed by atoms with van der Waals surface area (Å²) in [6, 6.07) is 8.68. The number of alkyl carbamates (subject to hydrolysis) is 1. The van der Waals surface area contributed by atoms with Crippen molar-refractivity contribution in [1.82, 2.24) is 20.9 Å². The SMILES string of the molecule is O=C(NCC[C@@H]1CCCN1)O[C@@H]1[C@@H](O)CN[C@@H]1Cc1ccc(-c2cncs2)cc1. The first-order chi connectivity index (χ1) is 14.2. The van der Waals surface area contributed by atoms with Crippen molar-refractivity contribution in [3.05, 3.63) is 41.5 Å². The molecule has 2 aromatic rings. The standard InChI is InChI=1S/C21H28N4O3S/c26-18-11-25-17(10-14-3-5-15(6-4-14)19-12-22-13-29-19)20(18)28-21(27)24-9-7-16-2-1-8-23-16/h3-6,12-13,16-18,20,23,25-26H,1-2,7-11H2,(H,24,27)/t16-,17+,18-,20-/m0/s1. The maximum atomic E-state index is 12.2. The predicted molar refractivity (Wildman–Crippen MR) is 113 cm³/mol. The smallest absolute Gasteiger partial charge is 0.407 e. The topological polar surface area (TPSA) is 95.5 Å². The first kappa shape index (κ1) is 20.3. The highest BCUT2D eigenvalue weighted by molar-refractivity contribution is 7.13. The van der Waals surface area contributed by atoms with Crippen molar-refractivity contribution in [2.24, 2.45) is 0 Å². The Morgan fingerprint density at radius 3 is 2.90 bits per heavy atom. The lowest BCUT2D eigenvalue weighted by atomic mass is 10.0. The molecule has 4 N–H and O–H groups in total. The minimum absolute atomic E-state index is 0.110. The van der Waals surface area contributed by atoms with E-state index in [4.69, 9.17) is 4.74 Å². The van der Waals surface area contributed by atoms with Crippen LogP contribution in [0.1, 0.15) is 24.8 Å². The van der Waals surface area contributed by atoms with Gasteiger partial charge in [0.1, 0.15) is 12.2 Å². The zero-order chi connectivity index (χ0) is 20.1. The second-order valence-corrected chi connectivity index (χ2v) is 8.61. The van der Waals surface area contributed by atoms with Gasteiger partial charge in [0.2, 0.25) is 0 Å². The molecule has 4 rings (SSSR count). The minimum Gasteiger partial charge on any atom is -0.442 e. The molecule has 1 aromatic heterocycles. The first-order valence-corrected chi connectivity index (χ1v) is 11.1. The Labute approximate surface area is 174 Å². The number of aliphatic hydroxyl groups excluding tert-OH is 1. The number of benzene rings is 1. The molecule has 8 heteroatoms. The molecule has 4 atom stereocenters. The van der Waals surface area contributed by atoms with Crippen LogP contribution in [0.25, 0.3) is 10.4 Å². The number of carbonyl (C=O) groups is 1. The monoisotopic (exact) mass is 416 g/mol. The second kappa shape index (κ2) is 9.67. The van der Waals surface area contributed by atoms with E-state index in [1.165, 1.54) is 6.42 Å². The number of nitrogens with zero attached hydrogens (tertiary/aromatic N) is 1. The van der Waals surface area contributed by atoms with E-state index in [9.17, 15) is 9.90 Å². The average molecular weight is 417 g/mol. The zero-order valence-corrected chi connectivity index (χ0v) is 17.2. The molecule has 2 aliphatic rings. The highest BCUT2D eigenvalue weighted by Crippen LogP contribution is 2.24.